The summed E-state index contributed by atoms with van der Waals surface area (Å²) >= 11 is 0. The van der Waals surface area contributed by atoms with Gasteiger partial charge in [-0.1, -0.05) is 0 Å². The van der Waals surface area contributed by atoms with Crippen LogP contribution >= 0.6 is 0 Å². The minimum atomic E-state index is -0.124. The number of nitrogens with zero attached hydrogens (tertiary/aromatic N) is 3. The Morgan fingerprint density at radius 2 is 2.36 bits per heavy atom. The molecule has 0 aliphatic rings. The minimum Gasteiger partial charge on any atom is -0.337 e. The third kappa shape index (κ3) is 3.57. The largest absolute Gasteiger partial charge is 0.337 e. The Morgan fingerprint density at radius 1 is 1.57 bits per heavy atom. The molecule has 1 aromatic rings. The first-order valence-corrected chi connectivity index (χ1v) is 4.61. The fourth-order valence-corrected chi connectivity index (χ4v) is 1.06. The van der Waals surface area contributed by atoms with Gasteiger partial charge in [0.05, 0.1) is 0 Å². The molecule has 1 rings (SSSR count). The molecule has 0 spiro atoms. The highest BCUT2D eigenvalue weighted by Gasteiger charge is 2.00. The van der Waals surface area contributed by atoms with Crippen molar-refractivity contribution >= 4 is 6.03 Å². The molecular weight excluding hydrogens is 180 g/mol. The number of hydrogen-bond acceptors (Lipinski definition) is 3. The summed E-state index contributed by atoms with van der Waals surface area (Å²) in [6.07, 6.45) is 5.65. The Labute approximate surface area is 83.7 Å². The summed E-state index contributed by atoms with van der Waals surface area (Å²) in [5.41, 5.74) is 0. The Kier molecular flexibility index (Phi) is 4.12. The number of aromatic nitrogens is 2. The van der Waals surface area contributed by atoms with Crippen LogP contribution in [0.25, 0.3) is 0 Å². The molecule has 1 aromatic heterocycles. The highest BCUT2D eigenvalue weighted by atomic mass is 16.2. The molecular formula is C9H16N4O. The first-order chi connectivity index (χ1) is 6.70. The van der Waals surface area contributed by atoms with Crippen LogP contribution in [0.2, 0.25) is 0 Å². The Bertz CT molecular complexity index is 268. The zero-order valence-corrected chi connectivity index (χ0v) is 8.60. The summed E-state index contributed by atoms with van der Waals surface area (Å²) in [6.45, 7) is 1.67. The quantitative estimate of drug-likeness (QED) is 0.709. The van der Waals surface area contributed by atoms with E-state index >= 15 is 0 Å². The van der Waals surface area contributed by atoms with Crippen LogP contribution in [0.5, 0.6) is 0 Å². The van der Waals surface area contributed by atoms with Crippen molar-refractivity contribution in [3.63, 3.8) is 0 Å². The number of amides is 1. The number of carbonyl (C=O) groups excluding carboxylic acids is 1. The first-order valence-electron chi connectivity index (χ1n) is 4.61. The van der Waals surface area contributed by atoms with Crippen molar-refractivity contribution in [1.82, 2.24) is 19.8 Å². The van der Waals surface area contributed by atoms with E-state index in [1.807, 2.05) is 14.1 Å². The molecule has 78 valence electrons. The van der Waals surface area contributed by atoms with Crippen LogP contribution in [0.15, 0.2) is 18.7 Å². The molecule has 1 amide bonds. The van der Waals surface area contributed by atoms with E-state index < -0.39 is 0 Å². The average Bonchev–Trinajstić information content (AvgIpc) is 2.64. The molecule has 0 aliphatic heterocycles. The molecule has 0 aliphatic carbocycles. The molecule has 0 atom stereocenters. The topological polar surface area (TPSA) is 50.2 Å². The number of hydrogen-bond donors (Lipinski definition) is 1. The van der Waals surface area contributed by atoms with E-state index in [1.54, 1.807) is 12.4 Å². The van der Waals surface area contributed by atoms with Gasteiger partial charge in [-0.05, 0) is 27.1 Å². The van der Waals surface area contributed by atoms with E-state index in [0.717, 1.165) is 13.0 Å². The van der Waals surface area contributed by atoms with Crippen molar-refractivity contribution in [3.8, 4) is 0 Å². The highest BCUT2D eigenvalue weighted by molar-refractivity contribution is 5.76. The molecule has 0 bridgehead atoms. The molecule has 0 radical (unpaired) electrons. The maximum absolute atomic E-state index is 11.3. The second-order valence-electron chi connectivity index (χ2n) is 3.36. The smallest absolute Gasteiger partial charge is 0.326 e. The van der Waals surface area contributed by atoms with Crippen LogP contribution in [0.3, 0.4) is 0 Å². The molecule has 0 saturated carbocycles. The van der Waals surface area contributed by atoms with Gasteiger partial charge in [0.15, 0.2) is 0 Å². The maximum atomic E-state index is 11.3. The van der Waals surface area contributed by atoms with Crippen LogP contribution in [-0.2, 0) is 0 Å². The molecule has 0 saturated heterocycles. The van der Waals surface area contributed by atoms with E-state index in [0.29, 0.717) is 6.54 Å². The lowest BCUT2D eigenvalue weighted by molar-refractivity contribution is 0.241. The van der Waals surface area contributed by atoms with E-state index in [4.69, 9.17) is 0 Å². The maximum Gasteiger partial charge on any atom is 0.326 e. The zero-order valence-electron chi connectivity index (χ0n) is 8.60. The van der Waals surface area contributed by atoms with Gasteiger partial charge in [-0.2, -0.15) is 0 Å². The van der Waals surface area contributed by atoms with Gasteiger partial charge >= 0.3 is 6.03 Å². The van der Waals surface area contributed by atoms with Crippen LogP contribution in [-0.4, -0.2) is 47.7 Å². The molecule has 0 aromatic carbocycles. The van der Waals surface area contributed by atoms with Crippen LogP contribution in [0.1, 0.15) is 6.42 Å². The Morgan fingerprint density at radius 3 is 2.93 bits per heavy atom. The van der Waals surface area contributed by atoms with Crippen molar-refractivity contribution in [2.24, 2.45) is 0 Å². The molecule has 1 N–H and O–H groups in total. The van der Waals surface area contributed by atoms with Crippen molar-refractivity contribution in [2.45, 2.75) is 6.42 Å². The van der Waals surface area contributed by atoms with Crippen LogP contribution in [0.4, 0.5) is 4.79 Å². The summed E-state index contributed by atoms with van der Waals surface area (Å²) in [4.78, 5) is 17.2. The third-order valence-corrected chi connectivity index (χ3v) is 1.80. The number of carbonyl (C=O) groups is 1. The Hall–Kier alpha value is -1.36. The van der Waals surface area contributed by atoms with Crippen molar-refractivity contribution in [1.29, 1.82) is 0 Å². The lowest BCUT2D eigenvalue weighted by atomic mass is 10.4. The monoisotopic (exact) mass is 196 g/mol. The summed E-state index contributed by atoms with van der Waals surface area (Å²) in [6, 6.07) is -0.124. The minimum absolute atomic E-state index is 0.124. The molecule has 0 unspecified atom stereocenters. The molecule has 1 heterocycles. The van der Waals surface area contributed by atoms with Gasteiger partial charge in [0, 0.05) is 18.9 Å². The van der Waals surface area contributed by atoms with Crippen LogP contribution < -0.4 is 5.32 Å². The van der Waals surface area contributed by atoms with E-state index in [1.165, 1.54) is 10.9 Å². The van der Waals surface area contributed by atoms with Gasteiger partial charge in [0.2, 0.25) is 0 Å². The molecule has 0 fully saturated rings. The normalized spacial score (nSPS) is 10.5. The van der Waals surface area contributed by atoms with Gasteiger partial charge in [0.1, 0.15) is 6.33 Å². The average molecular weight is 196 g/mol. The number of imidazole rings is 1. The van der Waals surface area contributed by atoms with E-state index in [2.05, 4.69) is 15.2 Å². The highest BCUT2D eigenvalue weighted by Crippen LogP contribution is 1.86. The number of nitrogens with one attached hydrogen (secondary N) is 1. The second kappa shape index (κ2) is 5.39. The summed E-state index contributed by atoms with van der Waals surface area (Å²) in [5.74, 6) is 0. The van der Waals surface area contributed by atoms with Crippen molar-refractivity contribution < 1.29 is 4.79 Å². The van der Waals surface area contributed by atoms with Crippen molar-refractivity contribution in [3.05, 3.63) is 18.7 Å². The summed E-state index contributed by atoms with van der Waals surface area (Å²) in [7, 11) is 4.02. The van der Waals surface area contributed by atoms with Gasteiger partial charge in [0.25, 0.3) is 0 Å². The molecule has 5 nitrogen and oxygen atoms in total. The molecule has 5 heteroatoms. The Balaban J connectivity index is 2.16. The molecule has 14 heavy (non-hydrogen) atoms. The zero-order chi connectivity index (χ0) is 10.4. The number of rotatable bonds is 4. The lowest BCUT2D eigenvalue weighted by Crippen LogP contribution is -2.30. The lowest BCUT2D eigenvalue weighted by Gasteiger charge is -2.09. The summed E-state index contributed by atoms with van der Waals surface area (Å²) in [5, 5.41) is 2.80. The van der Waals surface area contributed by atoms with Gasteiger partial charge in [-0.3, -0.25) is 4.57 Å². The SMILES string of the molecule is CN(C)CCCNC(=O)n1ccnc1. The van der Waals surface area contributed by atoms with E-state index in [-0.39, 0.29) is 6.03 Å². The standard InChI is InChI=1S/C9H16N4O/c1-12(2)6-3-4-11-9(14)13-7-5-10-8-13/h5,7-8H,3-4,6H2,1-2H3,(H,11,14). The predicted octanol–water partition coefficient (Wildman–Crippen LogP) is 0.392. The van der Waals surface area contributed by atoms with E-state index in [9.17, 15) is 4.79 Å². The summed E-state index contributed by atoms with van der Waals surface area (Å²) < 4.78 is 1.43. The predicted molar refractivity (Wildman–Crippen MR) is 54.2 cm³/mol. The second-order valence-corrected chi connectivity index (χ2v) is 3.36. The fourth-order valence-electron chi connectivity index (χ4n) is 1.06. The van der Waals surface area contributed by atoms with Gasteiger partial charge < -0.3 is 10.2 Å². The van der Waals surface area contributed by atoms with Crippen molar-refractivity contribution in [2.75, 3.05) is 27.2 Å². The van der Waals surface area contributed by atoms with Gasteiger partial charge in [-0.25, -0.2) is 9.78 Å². The first kappa shape index (κ1) is 10.7. The third-order valence-electron chi connectivity index (χ3n) is 1.80. The fraction of sp³-hybridized carbons (Fsp3) is 0.556. The van der Waals surface area contributed by atoms with Crippen LogP contribution in [0, 0.1) is 0 Å². The van der Waals surface area contributed by atoms with Gasteiger partial charge in [-0.15, -0.1) is 0 Å².